The Hall–Kier alpha value is -3.55. The van der Waals surface area contributed by atoms with E-state index < -0.39 is 35.6 Å². The Bertz CT molecular complexity index is 1130. The van der Waals surface area contributed by atoms with Crippen LogP contribution in [0, 0.1) is 5.82 Å². The summed E-state index contributed by atoms with van der Waals surface area (Å²) in [5.74, 6) is -1.96. The van der Waals surface area contributed by atoms with E-state index >= 15 is 0 Å². The summed E-state index contributed by atoms with van der Waals surface area (Å²) in [5.41, 5.74) is 1.19. The summed E-state index contributed by atoms with van der Waals surface area (Å²) in [7, 11) is 1.68. The van der Waals surface area contributed by atoms with E-state index in [2.05, 4.69) is 0 Å². The molecule has 1 fully saturated rings. The monoisotopic (exact) mass is 465 g/mol. The van der Waals surface area contributed by atoms with Crippen LogP contribution < -0.4 is 0 Å². The molecule has 0 saturated carbocycles. The molecule has 4 amide bonds. The van der Waals surface area contributed by atoms with Gasteiger partial charge in [-0.15, -0.1) is 0 Å². The molecular formula is C26H28FN3O4. The lowest BCUT2D eigenvalue weighted by atomic mass is 10.0. The van der Waals surface area contributed by atoms with Crippen LogP contribution in [-0.4, -0.2) is 63.5 Å². The summed E-state index contributed by atoms with van der Waals surface area (Å²) in [6.07, 6.45) is 1.17. The van der Waals surface area contributed by atoms with Gasteiger partial charge < -0.3 is 9.80 Å². The molecule has 2 aliphatic heterocycles. The van der Waals surface area contributed by atoms with Crippen LogP contribution in [0.5, 0.6) is 0 Å². The molecular weight excluding hydrogens is 437 g/mol. The molecule has 0 aromatic heterocycles. The van der Waals surface area contributed by atoms with Crippen molar-refractivity contribution < 1.29 is 23.6 Å². The molecule has 34 heavy (non-hydrogen) atoms. The molecule has 0 aliphatic carbocycles. The van der Waals surface area contributed by atoms with Crippen LogP contribution >= 0.6 is 0 Å². The largest absolute Gasteiger partial charge is 0.341 e. The normalized spacial score (nSPS) is 21.4. The third-order valence-electron chi connectivity index (χ3n) is 7.15. The Labute approximate surface area is 198 Å². The van der Waals surface area contributed by atoms with Gasteiger partial charge in [0.1, 0.15) is 11.9 Å². The van der Waals surface area contributed by atoms with Crippen LogP contribution in [-0.2, 0) is 9.59 Å². The Morgan fingerprint density at radius 2 is 1.62 bits per heavy atom. The standard InChI is InChI=1S/C26H28FN3O4/c1-15(28(4)17(3)31)22-12-13-23(18-8-7-9-19(27)14-18)30(22)24(32)16(2)29-25(33)20-10-5-6-11-21(20)26(29)34/h5-11,14-16,22-23H,12-13H2,1-4H3/t15?,16?,22-,23+/m1/s1. The first kappa shape index (κ1) is 23.6. The number of imide groups is 1. The van der Waals surface area contributed by atoms with Crippen molar-refractivity contribution in [1.29, 1.82) is 0 Å². The van der Waals surface area contributed by atoms with Gasteiger partial charge in [-0.3, -0.25) is 24.1 Å². The Morgan fingerprint density at radius 3 is 2.18 bits per heavy atom. The molecule has 2 aromatic rings. The second kappa shape index (κ2) is 9.00. The summed E-state index contributed by atoms with van der Waals surface area (Å²) in [6.45, 7) is 4.87. The SMILES string of the molecule is CC(=O)N(C)C(C)[C@H]1CC[C@@H](c2cccc(F)c2)N1C(=O)C(C)N1C(=O)c2ccccc2C1=O. The number of rotatable bonds is 5. The van der Waals surface area contributed by atoms with Gasteiger partial charge in [0, 0.05) is 20.0 Å². The molecule has 7 nitrogen and oxygen atoms in total. The van der Waals surface area contributed by atoms with Crippen LogP contribution in [0.3, 0.4) is 0 Å². The van der Waals surface area contributed by atoms with E-state index in [-0.39, 0.29) is 29.1 Å². The van der Waals surface area contributed by atoms with E-state index in [9.17, 15) is 23.6 Å². The third-order valence-corrected chi connectivity index (χ3v) is 7.15. The van der Waals surface area contributed by atoms with Crippen molar-refractivity contribution in [3.8, 4) is 0 Å². The van der Waals surface area contributed by atoms with E-state index in [0.29, 0.717) is 18.4 Å². The van der Waals surface area contributed by atoms with Crippen LogP contribution in [0.25, 0.3) is 0 Å². The van der Waals surface area contributed by atoms with Gasteiger partial charge in [0.25, 0.3) is 11.8 Å². The molecule has 2 aliphatic rings. The number of hydrogen-bond acceptors (Lipinski definition) is 4. The highest BCUT2D eigenvalue weighted by molar-refractivity contribution is 6.22. The van der Waals surface area contributed by atoms with Crippen molar-refractivity contribution in [3.05, 3.63) is 71.0 Å². The second-order valence-electron chi connectivity index (χ2n) is 9.03. The molecule has 0 bridgehead atoms. The van der Waals surface area contributed by atoms with Crippen molar-refractivity contribution in [2.75, 3.05) is 7.05 Å². The first-order chi connectivity index (χ1) is 16.1. The smallest absolute Gasteiger partial charge is 0.262 e. The van der Waals surface area contributed by atoms with Gasteiger partial charge in [-0.2, -0.15) is 0 Å². The fraction of sp³-hybridized carbons (Fsp3) is 0.385. The number of carbonyl (C=O) groups excluding carboxylic acids is 4. The molecule has 178 valence electrons. The summed E-state index contributed by atoms with van der Waals surface area (Å²) in [6, 6.07) is 10.5. The zero-order valence-electron chi connectivity index (χ0n) is 19.7. The summed E-state index contributed by atoms with van der Waals surface area (Å²) in [4.78, 5) is 56.2. The van der Waals surface area contributed by atoms with Gasteiger partial charge in [0.05, 0.1) is 23.2 Å². The Kier molecular flexibility index (Phi) is 6.25. The summed E-state index contributed by atoms with van der Waals surface area (Å²) < 4.78 is 14.0. The molecule has 8 heteroatoms. The number of amides is 4. The number of hydrogen-bond donors (Lipinski definition) is 0. The first-order valence-electron chi connectivity index (χ1n) is 11.4. The van der Waals surface area contributed by atoms with E-state index in [4.69, 9.17) is 0 Å². The summed E-state index contributed by atoms with van der Waals surface area (Å²) >= 11 is 0. The van der Waals surface area contributed by atoms with Gasteiger partial charge in [-0.05, 0) is 56.5 Å². The minimum atomic E-state index is -1.06. The van der Waals surface area contributed by atoms with E-state index in [0.717, 1.165) is 4.90 Å². The molecule has 0 spiro atoms. The predicted molar refractivity (Wildman–Crippen MR) is 123 cm³/mol. The van der Waals surface area contributed by atoms with E-state index in [1.165, 1.54) is 19.1 Å². The highest BCUT2D eigenvalue weighted by Crippen LogP contribution is 2.40. The first-order valence-corrected chi connectivity index (χ1v) is 11.4. The van der Waals surface area contributed by atoms with Gasteiger partial charge >= 0.3 is 0 Å². The molecule has 2 aromatic carbocycles. The number of likely N-dealkylation sites (N-methyl/N-ethyl adjacent to an activating group) is 1. The Balaban J connectivity index is 1.70. The summed E-state index contributed by atoms with van der Waals surface area (Å²) in [5, 5.41) is 0. The number of nitrogens with zero attached hydrogens (tertiary/aromatic N) is 3. The fourth-order valence-electron chi connectivity index (χ4n) is 5.10. The topological polar surface area (TPSA) is 78.0 Å². The lowest BCUT2D eigenvalue weighted by Crippen LogP contribution is -2.55. The van der Waals surface area contributed by atoms with Crippen molar-refractivity contribution in [2.45, 2.75) is 57.8 Å². The van der Waals surface area contributed by atoms with Crippen LogP contribution in [0.1, 0.15) is 65.9 Å². The average Bonchev–Trinajstić information content (AvgIpc) is 3.37. The highest BCUT2D eigenvalue weighted by Gasteiger charge is 2.47. The molecule has 4 rings (SSSR count). The van der Waals surface area contributed by atoms with Gasteiger partial charge in [0.2, 0.25) is 11.8 Å². The second-order valence-corrected chi connectivity index (χ2v) is 9.03. The zero-order chi connectivity index (χ0) is 24.7. The van der Waals surface area contributed by atoms with Gasteiger partial charge in [-0.1, -0.05) is 24.3 Å². The molecule has 1 saturated heterocycles. The van der Waals surface area contributed by atoms with Crippen LogP contribution in [0.2, 0.25) is 0 Å². The van der Waals surface area contributed by atoms with Crippen molar-refractivity contribution in [2.24, 2.45) is 0 Å². The maximum absolute atomic E-state index is 14.0. The van der Waals surface area contributed by atoms with Gasteiger partial charge in [-0.25, -0.2) is 4.39 Å². The molecule has 0 radical (unpaired) electrons. The highest BCUT2D eigenvalue weighted by atomic mass is 19.1. The lowest BCUT2D eigenvalue weighted by molar-refractivity contribution is -0.141. The van der Waals surface area contributed by atoms with Crippen LogP contribution in [0.15, 0.2) is 48.5 Å². The van der Waals surface area contributed by atoms with Crippen molar-refractivity contribution in [3.63, 3.8) is 0 Å². The number of benzene rings is 2. The Morgan fingerprint density at radius 1 is 1.00 bits per heavy atom. The molecule has 4 atom stereocenters. The fourth-order valence-corrected chi connectivity index (χ4v) is 5.10. The number of halogens is 1. The molecule has 2 unspecified atom stereocenters. The van der Waals surface area contributed by atoms with E-state index in [1.54, 1.807) is 60.2 Å². The number of fused-ring (bicyclic) bond motifs is 1. The third kappa shape index (κ3) is 3.87. The maximum atomic E-state index is 14.0. The number of likely N-dealkylation sites (tertiary alicyclic amines) is 1. The molecule has 0 N–H and O–H groups in total. The van der Waals surface area contributed by atoms with Crippen molar-refractivity contribution >= 4 is 23.6 Å². The minimum Gasteiger partial charge on any atom is -0.341 e. The van der Waals surface area contributed by atoms with Gasteiger partial charge in [0.15, 0.2) is 0 Å². The number of carbonyl (C=O) groups is 4. The predicted octanol–water partition coefficient (Wildman–Crippen LogP) is 3.41. The zero-order valence-corrected chi connectivity index (χ0v) is 19.7. The minimum absolute atomic E-state index is 0.137. The van der Waals surface area contributed by atoms with E-state index in [1.807, 2.05) is 6.92 Å². The maximum Gasteiger partial charge on any atom is 0.262 e. The van der Waals surface area contributed by atoms with Crippen LogP contribution in [0.4, 0.5) is 4.39 Å². The molecule has 2 heterocycles. The average molecular weight is 466 g/mol. The quantitative estimate of drug-likeness (QED) is 0.634. The van der Waals surface area contributed by atoms with Crippen molar-refractivity contribution in [1.82, 2.24) is 14.7 Å². The lowest BCUT2D eigenvalue weighted by Gasteiger charge is -2.39.